The Kier molecular flexibility index (Phi) is 7.95. The molecule has 3 amide bonds. The van der Waals surface area contributed by atoms with Crippen LogP contribution in [0, 0.1) is 5.92 Å². The number of imide groups is 1. The van der Waals surface area contributed by atoms with Gasteiger partial charge >= 0.3 is 0 Å². The lowest BCUT2D eigenvalue weighted by atomic mass is 9.97. The number of rotatable bonds is 8. The Morgan fingerprint density at radius 3 is 2.36 bits per heavy atom. The maximum absolute atomic E-state index is 12.7. The summed E-state index contributed by atoms with van der Waals surface area (Å²) in [6, 6.07) is 13.6. The van der Waals surface area contributed by atoms with Gasteiger partial charge in [-0.05, 0) is 29.7 Å². The van der Waals surface area contributed by atoms with Gasteiger partial charge in [0.2, 0.25) is 18.2 Å². The standard InChI is InChI=1S/C19H19Cl2N3O4/c20-16-7-6-14(9-17(16)21)8-15(11-23(28)12-25)19(27)24(22)18(26)10-13-4-2-1-3-5-13/h1-7,9,12,15,28H,8,10-11,22H2. The van der Waals surface area contributed by atoms with Gasteiger partial charge in [-0.1, -0.05) is 59.6 Å². The molecule has 9 heteroatoms. The zero-order valence-electron chi connectivity index (χ0n) is 14.8. The largest absolute Gasteiger partial charge is 0.286 e. The quantitative estimate of drug-likeness (QED) is 0.223. The smallest absolute Gasteiger partial charge is 0.248 e. The van der Waals surface area contributed by atoms with Gasteiger partial charge in [-0.2, -0.15) is 0 Å². The Bertz CT molecular complexity index is 848. The summed E-state index contributed by atoms with van der Waals surface area (Å²) >= 11 is 11.9. The first-order valence-corrected chi connectivity index (χ1v) is 9.07. The summed E-state index contributed by atoms with van der Waals surface area (Å²) in [5.74, 6) is 3.44. The predicted octanol–water partition coefficient (Wildman–Crippen LogP) is 2.47. The summed E-state index contributed by atoms with van der Waals surface area (Å²) in [5.41, 5.74) is 1.34. The van der Waals surface area contributed by atoms with Crippen molar-refractivity contribution in [2.75, 3.05) is 6.54 Å². The van der Waals surface area contributed by atoms with E-state index < -0.39 is 17.7 Å². The van der Waals surface area contributed by atoms with Gasteiger partial charge in [0.1, 0.15) is 0 Å². The molecule has 0 fully saturated rings. The van der Waals surface area contributed by atoms with Crippen molar-refractivity contribution < 1.29 is 19.6 Å². The maximum Gasteiger partial charge on any atom is 0.248 e. The van der Waals surface area contributed by atoms with Gasteiger partial charge in [-0.3, -0.25) is 19.6 Å². The molecule has 0 aliphatic rings. The second-order valence-corrected chi connectivity index (χ2v) is 6.96. The van der Waals surface area contributed by atoms with Crippen LogP contribution >= 0.6 is 23.2 Å². The molecule has 0 saturated carbocycles. The summed E-state index contributed by atoms with van der Waals surface area (Å²) in [7, 11) is 0. The van der Waals surface area contributed by atoms with Crippen LogP contribution in [0.25, 0.3) is 0 Å². The molecular formula is C19H19Cl2N3O4. The van der Waals surface area contributed by atoms with Crippen LogP contribution in [0.2, 0.25) is 10.0 Å². The molecule has 1 atom stereocenters. The molecule has 0 bridgehead atoms. The van der Waals surface area contributed by atoms with Gasteiger partial charge < -0.3 is 0 Å². The number of nitrogens with two attached hydrogens (primary N) is 1. The second-order valence-electron chi connectivity index (χ2n) is 6.14. The number of amides is 3. The topological polar surface area (TPSA) is 104 Å². The van der Waals surface area contributed by atoms with Crippen molar-refractivity contribution in [2.24, 2.45) is 11.8 Å². The Morgan fingerprint density at radius 2 is 1.75 bits per heavy atom. The number of hydrazine groups is 1. The number of hydroxylamine groups is 2. The number of carbonyl (C=O) groups is 3. The molecule has 0 aromatic heterocycles. The first-order valence-electron chi connectivity index (χ1n) is 8.32. The van der Waals surface area contributed by atoms with Crippen LogP contribution in [-0.4, -0.2) is 40.0 Å². The first kappa shape index (κ1) is 21.8. The van der Waals surface area contributed by atoms with E-state index in [0.29, 0.717) is 31.2 Å². The highest BCUT2D eigenvalue weighted by molar-refractivity contribution is 6.42. The number of nitrogens with zero attached hydrogens (tertiary/aromatic N) is 2. The zero-order chi connectivity index (χ0) is 20.7. The molecule has 3 N–H and O–H groups in total. The zero-order valence-corrected chi connectivity index (χ0v) is 16.3. The van der Waals surface area contributed by atoms with Crippen LogP contribution in [0.5, 0.6) is 0 Å². The molecule has 2 aromatic rings. The van der Waals surface area contributed by atoms with Crippen molar-refractivity contribution in [3.63, 3.8) is 0 Å². The summed E-state index contributed by atoms with van der Waals surface area (Å²) in [6.45, 7) is -0.338. The second kappa shape index (κ2) is 10.2. The van der Waals surface area contributed by atoms with E-state index in [1.54, 1.807) is 42.5 Å². The van der Waals surface area contributed by atoms with Crippen LogP contribution in [0.15, 0.2) is 48.5 Å². The molecule has 28 heavy (non-hydrogen) atoms. The highest BCUT2D eigenvalue weighted by atomic mass is 35.5. The minimum absolute atomic E-state index is 0.0565. The monoisotopic (exact) mass is 423 g/mol. The molecule has 0 radical (unpaired) electrons. The summed E-state index contributed by atoms with van der Waals surface area (Å²) < 4.78 is 0. The molecule has 0 aliphatic heterocycles. The van der Waals surface area contributed by atoms with Crippen molar-refractivity contribution in [3.8, 4) is 0 Å². The van der Waals surface area contributed by atoms with E-state index in [1.807, 2.05) is 6.07 Å². The maximum atomic E-state index is 12.7. The summed E-state index contributed by atoms with van der Waals surface area (Å²) in [6.07, 6.45) is 0.202. The van der Waals surface area contributed by atoms with Gasteiger partial charge in [-0.25, -0.2) is 15.9 Å². The highest BCUT2D eigenvalue weighted by Crippen LogP contribution is 2.24. The third-order valence-corrected chi connectivity index (χ3v) is 4.79. The van der Waals surface area contributed by atoms with E-state index in [4.69, 9.17) is 29.0 Å². The average molecular weight is 424 g/mol. The molecule has 7 nitrogen and oxygen atoms in total. The van der Waals surface area contributed by atoms with Crippen molar-refractivity contribution in [1.82, 2.24) is 10.1 Å². The number of benzene rings is 2. The number of hydrogen-bond acceptors (Lipinski definition) is 5. The van der Waals surface area contributed by atoms with E-state index in [2.05, 4.69) is 0 Å². The third-order valence-electron chi connectivity index (χ3n) is 4.05. The lowest BCUT2D eigenvalue weighted by molar-refractivity contribution is -0.158. The van der Waals surface area contributed by atoms with E-state index in [1.165, 1.54) is 0 Å². The van der Waals surface area contributed by atoms with E-state index in [-0.39, 0.29) is 25.8 Å². The van der Waals surface area contributed by atoms with Crippen molar-refractivity contribution in [3.05, 3.63) is 69.7 Å². The normalized spacial score (nSPS) is 11.6. The third kappa shape index (κ3) is 6.03. The molecule has 2 rings (SSSR count). The van der Waals surface area contributed by atoms with E-state index >= 15 is 0 Å². The SMILES string of the molecule is NN(C(=O)Cc1ccccc1)C(=O)C(Cc1ccc(Cl)c(Cl)c1)CN(O)C=O. The van der Waals surface area contributed by atoms with E-state index in [0.717, 1.165) is 0 Å². The van der Waals surface area contributed by atoms with Crippen LogP contribution in [-0.2, 0) is 27.2 Å². The fraction of sp³-hybridized carbons (Fsp3) is 0.211. The molecule has 1 unspecified atom stereocenters. The fourth-order valence-corrected chi connectivity index (χ4v) is 2.95. The number of halogens is 2. The Balaban J connectivity index is 2.15. The molecule has 0 saturated heterocycles. The van der Waals surface area contributed by atoms with Crippen LogP contribution in [0.4, 0.5) is 0 Å². The molecule has 2 aromatic carbocycles. The number of hydrogen-bond donors (Lipinski definition) is 2. The highest BCUT2D eigenvalue weighted by Gasteiger charge is 2.28. The summed E-state index contributed by atoms with van der Waals surface area (Å²) in [5, 5.41) is 11.0. The minimum Gasteiger partial charge on any atom is -0.286 e. The molecule has 0 spiro atoms. The molecular weight excluding hydrogens is 405 g/mol. The Labute approximate surface area is 172 Å². The minimum atomic E-state index is -0.961. The van der Waals surface area contributed by atoms with Crippen molar-refractivity contribution in [2.45, 2.75) is 12.8 Å². The Morgan fingerprint density at radius 1 is 1.07 bits per heavy atom. The van der Waals surface area contributed by atoms with Crippen LogP contribution in [0.1, 0.15) is 11.1 Å². The van der Waals surface area contributed by atoms with Gasteiger partial charge in [0, 0.05) is 0 Å². The Hall–Kier alpha value is -2.45. The van der Waals surface area contributed by atoms with Crippen LogP contribution in [0.3, 0.4) is 0 Å². The molecule has 148 valence electrons. The summed E-state index contributed by atoms with van der Waals surface area (Å²) in [4.78, 5) is 35.9. The average Bonchev–Trinajstić information content (AvgIpc) is 2.69. The van der Waals surface area contributed by atoms with Gasteiger partial charge in [-0.15, -0.1) is 0 Å². The fourth-order valence-electron chi connectivity index (χ4n) is 2.63. The predicted molar refractivity (Wildman–Crippen MR) is 104 cm³/mol. The van der Waals surface area contributed by atoms with Gasteiger partial charge in [0.05, 0.1) is 28.9 Å². The van der Waals surface area contributed by atoms with Crippen molar-refractivity contribution in [1.29, 1.82) is 0 Å². The van der Waals surface area contributed by atoms with Crippen LogP contribution < -0.4 is 5.84 Å². The lowest BCUT2D eigenvalue weighted by Crippen LogP contribution is -2.49. The van der Waals surface area contributed by atoms with Gasteiger partial charge in [0.15, 0.2) is 0 Å². The molecule has 0 aliphatic carbocycles. The van der Waals surface area contributed by atoms with Gasteiger partial charge in [0.25, 0.3) is 0 Å². The number of carbonyl (C=O) groups excluding carboxylic acids is 3. The van der Waals surface area contributed by atoms with E-state index in [9.17, 15) is 19.6 Å². The van der Waals surface area contributed by atoms with Crippen molar-refractivity contribution >= 4 is 41.4 Å². The first-order chi connectivity index (χ1) is 13.3. The molecule has 0 heterocycles. The lowest BCUT2D eigenvalue weighted by Gasteiger charge is -2.24.